The molecule has 0 aliphatic carbocycles. The highest BCUT2D eigenvalue weighted by molar-refractivity contribution is 6.38. The van der Waals surface area contributed by atoms with Crippen LogP contribution < -0.4 is 20.3 Å². The lowest BCUT2D eigenvalue weighted by Gasteiger charge is -2.22. The number of hydrogen-bond acceptors (Lipinski definition) is 7. The average Bonchev–Trinajstić information content (AvgIpc) is 3.07. The first-order chi connectivity index (χ1) is 22.6. The molecule has 4 aromatic rings. The van der Waals surface area contributed by atoms with Gasteiger partial charge in [-0.2, -0.15) is 0 Å². The average molecular weight is 719 g/mol. The summed E-state index contributed by atoms with van der Waals surface area (Å²) in [6, 6.07) is 18.7. The number of aromatic nitrogens is 1. The summed E-state index contributed by atoms with van der Waals surface area (Å²) in [4.78, 5) is 46.4. The maximum Gasteiger partial charge on any atom is 0.319 e. The van der Waals surface area contributed by atoms with E-state index in [9.17, 15) is 14.4 Å². The Bertz CT molecular complexity index is 1730. The fourth-order valence-electron chi connectivity index (χ4n) is 4.67. The SMILES string of the molecule is COCCN(CCOC)C(=O)c1cccc(NC(=O)NCC(=O)N(C)c2ccc(Cl)c(COc3cccc4ccc(C)nc34)c2Cl)c1.Cl. The van der Waals surface area contributed by atoms with Crippen LogP contribution in [0, 0.1) is 6.92 Å². The standard InChI is InChI=1S/C34H37Cl2N5O6.ClH/c1-22-11-12-23-7-6-10-29(32(23)38-22)47-21-26-27(35)13-14-28(31(26)36)40(2)30(42)20-37-34(44)39-25-9-5-8-24(19-25)33(43)41(15-17-45-3)16-18-46-4;/h5-14,19H,15-18,20-21H2,1-4H3,(H2,37,39,44);1H. The number of carbonyl (C=O) groups excluding carboxylic acids is 3. The second-order valence-corrected chi connectivity index (χ2v) is 11.3. The van der Waals surface area contributed by atoms with E-state index in [1.165, 1.54) is 4.90 Å². The van der Waals surface area contributed by atoms with E-state index in [0.717, 1.165) is 16.6 Å². The number of anilines is 2. The van der Waals surface area contributed by atoms with Gasteiger partial charge >= 0.3 is 6.03 Å². The number of benzene rings is 3. The van der Waals surface area contributed by atoms with Crippen LogP contribution in [0.25, 0.3) is 10.9 Å². The van der Waals surface area contributed by atoms with E-state index in [0.29, 0.717) is 59.6 Å². The molecular weight excluding hydrogens is 681 g/mol. The Hall–Kier alpha value is -4.13. The summed E-state index contributed by atoms with van der Waals surface area (Å²) in [6.07, 6.45) is 0. The number of nitrogens with one attached hydrogen (secondary N) is 2. The number of carbonyl (C=O) groups is 3. The lowest BCUT2D eigenvalue weighted by atomic mass is 10.1. The van der Waals surface area contributed by atoms with Crippen molar-refractivity contribution in [3.8, 4) is 5.75 Å². The third-order valence-corrected chi connectivity index (χ3v) is 8.06. The van der Waals surface area contributed by atoms with Crippen LogP contribution in [0.5, 0.6) is 5.75 Å². The summed E-state index contributed by atoms with van der Waals surface area (Å²) in [6.45, 7) is 3.15. The molecule has 0 saturated carbocycles. The van der Waals surface area contributed by atoms with Crippen LogP contribution in [0.3, 0.4) is 0 Å². The number of fused-ring (bicyclic) bond motifs is 1. The zero-order valence-corrected chi connectivity index (χ0v) is 29.4. The largest absolute Gasteiger partial charge is 0.487 e. The molecule has 0 aliphatic heterocycles. The number of urea groups is 1. The quantitative estimate of drug-likeness (QED) is 0.155. The van der Waals surface area contributed by atoms with Crippen molar-refractivity contribution in [2.24, 2.45) is 0 Å². The van der Waals surface area contributed by atoms with Crippen molar-refractivity contribution in [1.82, 2.24) is 15.2 Å². The summed E-state index contributed by atoms with van der Waals surface area (Å²) in [7, 11) is 4.68. The highest BCUT2D eigenvalue weighted by Gasteiger charge is 2.20. The lowest BCUT2D eigenvalue weighted by Crippen LogP contribution is -2.40. The molecular formula is C34H38Cl3N5O6. The molecule has 256 valence electrons. The number of amides is 4. The molecule has 0 atom stereocenters. The third kappa shape index (κ3) is 9.94. The molecule has 0 bridgehead atoms. The number of ether oxygens (including phenoxy) is 3. The minimum Gasteiger partial charge on any atom is -0.487 e. The Balaban J connectivity index is 0.00000625. The van der Waals surface area contributed by atoms with E-state index < -0.39 is 11.9 Å². The molecule has 0 aliphatic rings. The molecule has 2 N–H and O–H groups in total. The van der Waals surface area contributed by atoms with Crippen LogP contribution in [0.4, 0.5) is 16.2 Å². The maximum absolute atomic E-state index is 13.1. The number of para-hydroxylation sites is 1. The van der Waals surface area contributed by atoms with Gasteiger partial charge in [0.25, 0.3) is 5.91 Å². The molecule has 4 rings (SSSR count). The van der Waals surface area contributed by atoms with Gasteiger partial charge < -0.3 is 34.6 Å². The molecule has 0 spiro atoms. The second-order valence-electron chi connectivity index (χ2n) is 10.5. The van der Waals surface area contributed by atoms with Gasteiger partial charge in [-0.15, -0.1) is 12.4 Å². The number of nitrogens with zero attached hydrogens (tertiary/aromatic N) is 3. The number of methoxy groups -OCH3 is 2. The van der Waals surface area contributed by atoms with Gasteiger partial charge in [0, 0.05) is 67.3 Å². The molecule has 0 saturated heterocycles. The van der Waals surface area contributed by atoms with Gasteiger partial charge in [0.15, 0.2) is 0 Å². The van der Waals surface area contributed by atoms with Crippen molar-refractivity contribution in [1.29, 1.82) is 0 Å². The highest BCUT2D eigenvalue weighted by Crippen LogP contribution is 2.35. The molecule has 0 radical (unpaired) electrons. The predicted octanol–water partition coefficient (Wildman–Crippen LogP) is 6.37. The number of pyridine rings is 1. The van der Waals surface area contributed by atoms with E-state index in [4.69, 9.17) is 37.4 Å². The Morgan fingerprint density at radius 2 is 1.62 bits per heavy atom. The predicted molar refractivity (Wildman–Crippen MR) is 191 cm³/mol. The molecule has 1 heterocycles. The van der Waals surface area contributed by atoms with Gasteiger partial charge in [-0.05, 0) is 49.4 Å². The zero-order chi connectivity index (χ0) is 33.9. The monoisotopic (exact) mass is 717 g/mol. The van der Waals surface area contributed by atoms with Crippen LogP contribution in [0.2, 0.25) is 10.0 Å². The minimum absolute atomic E-state index is 0. The van der Waals surface area contributed by atoms with Crippen molar-refractivity contribution in [3.05, 3.63) is 93.6 Å². The first kappa shape index (κ1) is 38.3. The molecule has 48 heavy (non-hydrogen) atoms. The van der Waals surface area contributed by atoms with Crippen LogP contribution in [0.1, 0.15) is 21.6 Å². The molecule has 11 nitrogen and oxygen atoms in total. The maximum atomic E-state index is 13.1. The molecule has 1 aromatic heterocycles. The summed E-state index contributed by atoms with van der Waals surface area (Å²) < 4.78 is 16.3. The fraction of sp³-hybridized carbons (Fsp3) is 0.294. The fourth-order valence-corrected chi connectivity index (χ4v) is 5.28. The van der Waals surface area contributed by atoms with Gasteiger partial charge in [0.1, 0.15) is 17.9 Å². The van der Waals surface area contributed by atoms with Crippen LogP contribution in [-0.4, -0.2) is 81.8 Å². The lowest BCUT2D eigenvalue weighted by molar-refractivity contribution is -0.117. The number of aryl methyl sites for hydroxylation is 1. The topological polar surface area (TPSA) is 122 Å². The Morgan fingerprint density at radius 3 is 2.33 bits per heavy atom. The third-order valence-electron chi connectivity index (χ3n) is 7.28. The van der Waals surface area contributed by atoms with E-state index in [1.807, 2.05) is 37.3 Å². The van der Waals surface area contributed by atoms with Gasteiger partial charge in [-0.3, -0.25) is 9.59 Å². The van der Waals surface area contributed by atoms with Gasteiger partial charge in [-0.1, -0.05) is 47.5 Å². The van der Waals surface area contributed by atoms with Crippen LogP contribution in [-0.2, 0) is 20.9 Å². The smallest absolute Gasteiger partial charge is 0.319 e. The molecule has 14 heteroatoms. The van der Waals surface area contributed by atoms with E-state index >= 15 is 0 Å². The molecule has 0 fully saturated rings. The van der Waals surface area contributed by atoms with Crippen molar-refractivity contribution in [2.45, 2.75) is 13.5 Å². The Morgan fingerprint density at radius 1 is 0.917 bits per heavy atom. The van der Waals surface area contributed by atoms with Crippen molar-refractivity contribution in [2.75, 3.05) is 64.3 Å². The molecule has 3 aromatic carbocycles. The second kappa shape index (κ2) is 18.4. The summed E-state index contributed by atoms with van der Waals surface area (Å²) in [5, 5.41) is 6.78. The summed E-state index contributed by atoms with van der Waals surface area (Å²) >= 11 is 13.2. The van der Waals surface area contributed by atoms with Crippen molar-refractivity contribution in [3.63, 3.8) is 0 Å². The number of hydrogen-bond donors (Lipinski definition) is 2. The van der Waals surface area contributed by atoms with Crippen molar-refractivity contribution >= 4 is 75.7 Å². The molecule has 0 unspecified atom stereocenters. The van der Waals surface area contributed by atoms with Crippen LogP contribution in [0.15, 0.2) is 66.7 Å². The van der Waals surface area contributed by atoms with Crippen molar-refractivity contribution < 1.29 is 28.6 Å². The first-order valence-corrected chi connectivity index (χ1v) is 15.5. The van der Waals surface area contributed by atoms with Gasteiger partial charge in [0.2, 0.25) is 5.91 Å². The number of likely N-dealkylation sites (N-methyl/N-ethyl adjacent to an activating group) is 1. The summed E-state index contributed by atoms with van der Waals surface area (Å²) in [5.41, 5.74) is 3.24. The number of rotatable bonds is 14. The Kier molecular flexibility index (Phi) is 14.7. The van der Waals surface area contributed by atoms with Gasteiger partial charge in [-0.25, -0.2) is 9.78 Å². The van der Waals surface area contributed by atoms with Crippen LogP contribution >= 0.6 is 35.6 Å². The van der Waals surface area contributed by atoms with Gasteiger partial charge in [0.05, 0.1) is 30.5 Å². The summed E-state index contributed by atoms with van der Waals surface area (Å²) in [5.74, 6) is -0.0814. The minimum atomic E-state index is -0.623. The highest BCUT2D eigenvalue weighted by atomic mass is 35.5. The Labute approximate surface area is 295 Å². The first-order valence-electron chi connectivity index (χ1n) is 14.8. The van der Waals surface area contributed by atoms with E-state index in [2.05, 4.69) is 15.6 Å². The molecule has 4 amide bonds. The zero-order valence-electron chi connectivity index (χ0n) is 27.0. The number of halogens is 3. The van der Waals surface area contributed by atoms with E-state index in [-0.39, 0.29) is 36.5 Å². The normalized spacial score (nSPS) is 10.6. The van der Waals surface area contributed by atoms with E-state index in [1.54, 1.807) is 62.6 Å².